The first-order valence-corrected chi connectivity index (χ1v) is 11.8. The molecule has 34 heavy (non-hydrogen) atoms. The largest absolute Gasteiger partial charge is 0.350 e. The third-order valence-electron chi connectivity index (χ3n) is 5.46. The van der Waals surface area contributed by atoms with Crippen molar-refractivity contribution >= 4 is 35.0 Å². The average molecular weight is 501 g/mol. The predicted molar refractivity (Wildman–Crippen MR) is 134 cm³/mol. The van der Waals surface area contributed by atoms with Crippen LogP contribution in [-0.2, 0) is 29.1 Å². The van der Waals surface area contributed by atoms with Crippen molar-refractivity contribution in [2.45, 2.75) is 39.4 Å². The van der Waals surface area contributed by atoms with E-state index in [-0.39, 0.29) is 36.6 Å². The van der Waals surface area contributed by atoms with Crippen LogP contribution in [0.4, 0.5) is 4.39 Å². The molecule has 0 spiro atoms. The lowest BCUT2D eigenvalue weighted by Crippen LogP contribution is -2.51. The third-order valence-corrected chi connectivity index (χ3v) is 6.05. The number of hydrogen-bond acceptors (Lipinski definition) is 2. The number of benzene rings is 3. The molecule has 178 valence electrons. The van der Waals surface area contributed by atoms with E-state index in [1.54, 1.807) is 49.1 Å². The highest BCUT2D eigenvalue weighted by Gasteiger charge is 2.31. The molecule has 0 heterocycles. The first kappa shape index (κ1) is 25.7. The molecule has 3 aromatic carbocycles. The van der Waals surface area contributed by atoms with Gasteiger partial charge in [0.05, 0.1) is 0 Å². The van der Waals surface area contributed by atoms with Crippen molar-refractivity contribution < 1.29 is 14.0 Å². The summed E-state index contributed by atoms with van der Waals surface area (Å²) in [5, 5.41) is 3.89. The van der Waals surface area contributed by atoms with Gasteiger partial charge in [-0.2, -0.15) is 0 Å². The van der Waals surface area contributed by atoms with E-state index < -0.39 is 6.04 Å². The molecule has 0 fully saturated rings. The van der Waals surface area contributed by atoms with Crippen LogP contribution in [0.5, 0.6) is 0 Å². The zero-order chi connectivity index (χ0) is 24.7. The second kappa shape index (κ2) is 12.0. The minimum Gasteiger partial charge on any atom is -0.350 e. The van der Waals surface area contributed by atoms with Gasteiger partial charge in [-0.05, 0) is 41.0 Å². The number of carbonyl (C=O) groups excluding carboxylic acids is 2. The molecule has 0 bridgehead atoms. The second-order valence-corrected chi connectivity index (χ2v) is 9.25. The van der Waals surface area contributed by atoms with Gasteiger partial charge in [0.2, 0.25) is 11.8 Å². The van der Waals surface area contributed by atoms with Gasteiger partial charge in [-0.25, -0.2) is 4.39 Å². The maximum Gasteiger partial charge on any atom is 0.243 e. The molecule has 0 aliphatic rings. The molecule has 0 aliphatic heterocycles. The monoisotopic (exact) mass is 500 g/mol. The zero-order valence-corrected chi connectivity index (χ0v) is 20.6. The summed E-state index contributed by atoms with van der Waals surface area (Å²) in [4.78, 5) is 28.3. The highest BCUT2D eigenvalue weighted by Crippen LogP contribution is 2.22. The van der Waals surface area contributed by atoms with E-state index in [9.17, 15) is 14.0 Å². The smallest absolute Gasteiger partial charge is 0.243 e. The van der Waals surface area contributed by atoms with Crippen molar-refractivity contribution in [2.24, 2.45) is 5.92 Å². The summed E-state index contributed by atoms with van der Waals surface area (Å²) in [6, 6.07) is 19.8. The SMILES string of the molecule is CC(C)C(=O)N(Cc1ccc(F)cc1)[C@H](Cc1ccccc1)C(=O)NCc1ccc(Cl)cc1Cl. The Morgan fingerprint density at radius 3 is 2.24 bits per heavy atom. The Labute approximate surface area is 209 Å². The molecule has 1 N–H and O–H groups in total. The molecule has 0 aliphatic carbocycles. The van der Waals surface area contributed by atoms with E-state index in [0.29, 0.717) is 16.5 Å². The van der Waals surface area contributed by atoms with Crippen molar-refractivity contribution in [1.29, 1.82) is 0 Å². The third kappa shape index (κ3) is 7.05. The Bertz CT molecular complexity index is 1120. The van der Waals surface area contributed by atoms with Crippen LogP contribution in [0.15, 0.2) is 72.8 Å². The summed E-state index contributed by atoms with van der Waals surface area (Å²) in [5.74, 6) is -1.14. The van der Waals surface area contributed by atoms with E-state index in [2.05, 4.69) is 5.32 Å². The van der Waals surface area contributed by atoms with Gasteiger partial charge in [-0.1, -0.05) is 85.6 Å². The number of amides is 2. The van der Waals surface area contributed by atoms with Gasteiger partial charge in [0.1, 0.15) is 11.9 Å². The number of rotatable bonds is 9. The van der Waals surface area contributed by atoms with Crippen LogP contribution in [0.3, 0.4) is 0 Å². The van der Waals surface area contributed by atoms with E-state index in [0.717, 1.165) is 16.7 Å². The summed E-state index contributed by atoms with van der Waals surface area (Å²) in [5.41, 5.74) is 2.38. The van der Waals surface area contributed by atoms with Crippen LogP contribution in [0.2, 0.25) is 10.0 Å². The van der Waals surface area contributed by atoms with Gasteiger partial charge in [-0.3, -0.25) is 9.59 Å². The van der Waals surface area contributed by atoms with Gasteiger partial charge in [0, 0.05) is 35.5 Å². The molecule has 0 aromatic heterocycles. The second-order valence-electron chi connectivity index (χ2n) is 8.41. The normalized spacial score (nSPS) is 11.8. The zero-order valence-electron chi connectivity index (χ0n) is 19.1. The fourth-order valence-electron chi connectivity index (χ4n) is 3.61. The van der Waals surface area contributed by atoms with Crippen LogP contribution in [0, 0.1) is 11.7 Å². The summed E-state index contributed by atoms with van der Waals surface area (Å²) >= 11 is 12.2. The summed E-state index contributed by atoms with van der Waals surface area (Å²) < 4.78 is 13.4. The van der Waals surface area contributed by atoms with Crippen molar-refractivity contribution in [1.82, 2.24) is 10.2 Å². The van der Waals surface area contributed by atoms with Crippen molar-refractivity contribution in [3.05, 3.63) is 105 Å². The van der Waals surface area contributed by atoms with Crippen LogP contribution in [0.1, 0.15) is 30.5 Å². The van der Waals surface area contributed by atoms with Crippen LogP contribution in [-0.4, -0.2) is 22.8 Å². The quantitative estimate of drug-likeness (QED) is 0.389. The minimum atomic E-state index is -0.770. The van der Waals surface area contributed by atoms with E-state index >= 15 is 0 Å². The van der Waals surface area contributed by atoms with Crippen LogP contribution < -0.4 is 5.32 Å². The number of nitrogens with zero attached hydrogens (tertiary/aromatic N) is 1. The Hall–Kier alpha value is -2.89. The van der Waals surface area contributed by atoms with Gasteiger partial charge in [0.15, 0.2) is 0 Å². The van der Waals surface area contributed by atoms with Gasteiger partial charge < -0.3 is 10.2 Å². The lowest BCUT2D eigenvalue weighted by atomic mass is 10.0. The topological polar surface area (TPSA) is 49.4 Å². The van der Waals surface area contributed by atoms with Gasteiger partial charge in [0.25, 0.3) is 0 Å². The molecule has 3 aromatic rings. The molecule has 0 saturated carbocycles. The van der Waals surface area contributed by atoms with E-state index in [1.165, 1.54) is 12.1 Å². The minimum absolute atomic E-state index is 0.162. The molecule has 0 radical (unpaired) electrons. The van der Waals surface area contributed by atoms with E-state index in [1.807, 2.05) is 30.3 Å². The maximum atomic E-state index is 13.5. The van der Waals surface area contributed by atoms with E-state index in [4.69, 9.17) is 23.2 Å². The molecule has 1 atom stereocenters. The van der Waals surface area contributed by atoms with Gasteiger partial charge >= 0.3 is 0 Å². The molecule has 0 saturated heterocycles. The first-order chi connectivity index (χ1) is 16.2. The molecular formula is C27H27Cl2FN2O2. The van der Waals surface area contributed by atoms with Crippen molar-refractivity contribution in [2.75, 3.05) is 0 Å². The average Bonchev–Trinajstić information content (AvgIpc) is 2.82. The molecule has 3 rings (SSSR count). The number of halogens is 3. The van der Waals surface area contributed by atoms with Crippen LogP contribution >= 0.6 is 23.2 Å². The number of carbonyl (C=O) groups is 2. The van der Waals surface area contributed by atoms with Crippen LogP contribution in [0.25, 0.3) is 0 Å². The molecule has 4 nitrogen and oxygen atoms in total. The lowest BCUT2D eigenvalue weighted by molar-refractivity contribution is -0.143. The maximum absolute atomic E-state index is 13.5. The van der Waals surface area contributed by atoms with Crippen molar-refractivity contribution in [3.63, 3.8) is 0 Å². The van der Waals surface area contributed by atoms with Crippen molar-refractivity contribution in [3.8, 4) is 0 Å². The molecule has 0 unspecified atom stereocenters. The first-order valence-electron chi connectivity index (χ1n) is 11.0. The standard InChI is InChI=1S/C27H27Cl2FN2O2/c1-18(2)27(34)32(17-20-8-12-23(30)13-9-20)25(14-19-6-4-3-5-7-19)26(33)31-16-21-10-11-22(28)15-24(21)29/h3-13,15,18,25H,14,16-17H2,1-2H3,(H,31,33)/t25-/m1/s1. The molecule has 7 heteroatoms. The van der Waals surface area contributed by atoms with Gasteiger partial charge in [-0.15, -0.1) is 0 Å². The summed E-state index contributed by atoms with van der Waals surface area (Å²) in [7, 11) is 0. The molecule has 2 amide bonds. The fraction of sp³-hybridized carbons (Fsp3) is 0.259. The number of nitrogens with one attached hydrogen (secondary N) is 1. The summed E-state index contributed by atoms with van der Waals surface area (Å²) in [6.07, 6.45) is 0.334. The fourth-order valence-corrected chi connectivity index (χ4v) is 4.08. The lowest BCUT2D eigenvalue weighted by Gasteiger charge is -2.33. The Balaban J connectivity index is 1.90. The predicted octanol–water partition coefficient (Wildman–Crippen LogP) is 6.04. The highest BCUT2D eigenvalue weighted by molar-refractivity contribution is 6.35. The molecular weight excluding hydrogens is 474 g/mol. The Kier molecular flexibility index (Phi) is 9.08. The number of hydrogen-bond donors (Lipinski definition) is 1. The Morgan fingerprint density at radius 1 is 0.941 bits per heavy atom. The highest BCUT2D eigenvalue weighted by atomic mass is 35.5. The Morgan fingerprint density at radius 2 is 1.62 bits per heavy atom. The summed E-state index contributed by atoms with van der Waals surface area (Å²) in [6.45, 7) is 3.97.